The number of fused-ring (bicyclic) bond motifs is 1. The van der Waals surface area contributed by atoms with E-state index in [0.29, 0.717) is 31.7 Å². The van der Waals surface area contributed by atoms with Crippen molar-refractivity contribution in [1.29, 1.82) is 0 Å². The monoisotopic (exact) mass is 417 g/mol. The van der Waals surface area contributed by atoms with E-state index < -0.39 is 10.0 Å². The first-order chi connectivity index (χ1) is 12.4. The van der Waals surface area contributed by atoms with Gasteiger partial charge in [-0.15, -0.1) is 12.4 Å². The summed E-state index contributed by atoms with van der Waals surface area (Å²) in [5.41, 5.74) is 1.40. The predicted molar refractivity (Wildman–Crippen MR) is 107 cm³/mol. The Kier molecular flexibility index (Phi) is 7.64. The molecule has 0 saturated carbocycles. The topological polar surface area (TPSA) is 96.5 Å². The molecule has 27 heavy (non-hydrogen) atoms. The van der Waals surface area contributed by atoms with Crippen LogP contribution in [0.15, 0.2) is 23.1 Å². The second-order valence-corrected chi connectivity index (χ2v) is 9.00. The standard InChI is InChI=1S/C18H27N3O4S.ClH/c1-25-13-18(7-9-19-10-8-18)12-20-26(23,24)15-5-6-16-14(11-15)3-2-4-17(22)21-16;/h5-6,11,19-20H,2-4,7-10,12-13H2,1H3,(H,21,22);1H. The number of anilines is 1. The number of nitrogens with one attached hydrogen (secondary N) is 3. The Labute approximate surface area is 167 Å². The zero-order valence-corrected chi connectivity index (χ0v) is 17.2. The number of carbonyl (C=O) groups excluding carboxylic acids is 1. The number of sulfonamides is 1. The van der Waals surface area contributed by atoms with Gasteiger partial charge in [-0.1, -0.05) is 0 Å². The van der Waals surface area contributed by atoms with Gasteiger partial charge in [0.2, 0.25) is 15.9 Å². The summed E-state index contributed by atoms with van der Waals surface area (Å²) in [6.07, 6.45) is 3.62. The third kappa shape index (κ3) is 5.42. The van der Waals surface area contributed by atoms with Crippen molar-refractivity contribution in [3.05, 3.63) is 23.8 Å². The Balaban J connectivity index is 0.00000261. The summed E-state index contributed by atoms with van der Waals surface area (Å²) in [6, 6.07) is 4.91. The third-order valence-corrected chi connectivity index (χ3v) is 6.66. The van der Waals surface area contributed by atoms with Gasteiger partial charge in [0.25, 0.3) is 0 Å². The Morgan fingerprint density at radius 3 is 2.67 bits per heavy atom. The highest BCUT2D eigenvalue weighted by molar-refractivity contribution is 7.89. The Morgan fingerprint density at radius 1 is 1.22 bits per heavy atom. The summed E-state index contributed by atoms with van der Waals surface area (Å²) >= 11 is 0. The van der Waals surface area contributed by atoms with Crippen molar-refractivity contribution in [1.82, 2.24) is 10.0 Å². The summed E-state index contributed by atoms with van der Waals surface area (Å²) in [6.45, 7) is 2.62. The highest BCUT2D eigenvalue weighted by Crippen LogP contribution is 2.29. The number of methoxy groups -OCH3 is 1. The lowest BCUT2D eigenvalue weighted by molar-refractivity contribution is -0.116. The van der Waals surface area contributed by atoms with Gasteiger partial charge in [-0.05, 0) is 62.5 Å². The van der Waals surface area contributed by atoms with Crippen LogP contribution in [-0.4, -0.2) is 47.7 Å². The number of hydrogen-bond donors (Lipinski definition) is 3. The van der Waals surface area contributed by atoms with Gasteiger partial charge in [0.05, 0.1) is 11.5 Å². The summed E-state index contributed by atoms with van der Waals surface area (Å²) < 4.78 is 33.7. The molecule has 0 unspecified atom stereocenters. The van der Waals surface area contributed by atoms with E-state index in [2.05, 4.69) is 15.4 Å². The van der Waals surface area contributed by atoms with Crippen LogP contribution < -0.4 is 15.4 Å². The van der Waals surface area contributed by atoms with Crippen LogP contribution in [0, 0.1) is 5.41 Å². The van der Waals surface area contributed by atoms with E-state index in [1.807, 2.05) is 0 Å². The van der Waals surface area contributed by atoms with E-state index in [1.54, 1.807) is 25.3 Å². The molecule has 0 bridgehead atoms. The number of amides is 1. The van der Waals surface area contributed by atoms with E-state index in [4.69, 9.17) is 4.74 Å². The molecule has 0 radical (unpaired) electrons. The number of benzene rings is 1. The molecule has 0 spiro atoms. The zero-order chi connectivity index (χ0) is 18.6. The van der Waals surface area contributed by atoms with E-state index >= 15 is 0 Å². The normalized spacial score (nSPS) is 19.4. The SMILES string of the molecule is COCC1(CNS(=O)(=O)c2ccc3c(c2)CCCC(=O)N3)CCNCC1.Cl. The molecule has 1 saturated heterocycles. The largest absolute Gasteiger partial charge is 0.384 e. The van der Waals surface area contributed by atoms with Crippen molar-refractivity contribution in [3.63, 3.8) is 0 Å². The summed E-state index contributed by atoms with van der Waals surface area (Å²) in [5.74, 6) is -0.0232. The van der Waals surface area contributed by atoms with Crippen molar-refractivity contribution in [2.45, 2.75) is 37.0 Å². The Morgan fingerprint density at radius 2 is 1.96 bits per heavy atom. The number of ether oxygens (including phenoxy) is 1. The Bertz CT molecular complexity index is 758. The van der Waals surface area contributed by atoms with Crippen LogP contribution in [0.2, 0.25) is 0 Å². The van der Waals surface area contributed by atoms with Crippen LogP contribution in [0.3, 0.4) is 0 Å². The molecule has 0 aliphatic carbocycles. The second kappa shape index (κ2) is 9.34. The van der Waals surface area contributed by atoms with E-state index in [-0.39, 0.29) is 28.6 Å². The quantitative estimate of drug-likeness (QED) is 0.654. The second-order valence-electron chi connectivity index (χ2n) is 7.23. The molecule has 3 rings (SSSR count). The van der Waals surface area contributed by atoms with Gasteiger partial charge < -0.3 is 15.4 Å². The maximum Gasteiger partial charge on any atom is 0.240 e. The molecular formula is C18H28ClN3O4S. The first-order valence-electron chi connectivity index (χ1n) is 9.06. The summed E-state index contributed by atoms with van der Waals surface area (Å²) in [7, 11) is -1.96. The summed E-state index contributed by atoms with van der Waals surface area (Å²) in [4.78, 5) is 11.9. The number of piperidine rings is 1. The van der Waals surface area contributed by atoms with E-state index in [0.717, 1.165) is 37.9 Å². The molecule has 1 fully saturated rings. The minimum absolute atomic E-state index is 0. The number of hydrogen-bond acceptors (Lipinski definition) is 5. The van der Waals surface area contributed by atoms with E-state index in [1.165, 1.54) is 0 Å². The van der Waals surface area contributed by atoms with Crippen molar-refractivity contribution in [3.8, 4) is 0 Å². The molecule has 2 aliphatic rings. The average molecular weight is 418 g/mol. The van der Waals surface area contributed by atoms with Crippen molar-refractivity contribution < 1.29 is 17.9 Å². The minimum atomic E-state index is -3.61. The molecule has 2 heterocycles. The van der Waals surface area contributed by atoms with Gasteiger partial charge in [-0.25, -0.2) is 13.1 Å². The van der Waals surface area contributed by atoms with Crippen LogP contribution in [0.1, 0.15) is 31.2 Å². The molecule has 2 aliphatic heterocycles. The fourth-order valence-corrected chi connectivity index (χ4v) is 4.89. The van der Waals surface area contributed by atoms with Gasteiger partial charge >= 0.3 is 0 Å². The maximum atomic E-state index is 12.8. The highest BCUT2D eigenvalue weighted by Gasteiger charge is 2.33. The molecule has 0 aromatic heterocycles. The molecular weight excluding hydrogens is 390 g/mol. The predicted octanol–water partition coefficient (Wildman–Crippen LogP) is 1.68. The summed E-state index contributed by atoms with van der Waals surface area (Å²) in [5, 5.41) is 6.13. The maximum absolute atomic E-state index is 12.8. The molecule has 0 atom stereocenters. The molecule has 152 valence electrons. The molecule has 1 amide bonds. The zero-order valence-electron chi connectivity index (χ0n) is 15.5. The molecule has 1 aromatic carbocycles. The molecule has 7 nitrogen and oxygen atoms in total. The number of carbonyl (C=O) groups is 1. The van der Waals surface area contributed by atoms with Crippen molar-refractivity contribution in [2.24, 2.45) is 5.41 Å². The van der Waals surface area contributed by atoms with Gasteiger partial charge in [0.1, 0.15) is 0 Å². The lowest BCUT2D eigenvalue weighted by atomic mass is 9.80. The van der Waals surface area contributed by atoms with Gasteiger partial charge in [-0.3, -0.25) is 4.79 Å². The van der Waals surface area contributed by atoms with Crippen LogP contribution in [0.4, 0.5) is 5.69 Å². The highest BCUT2D eigenvalue weighted by atomic mass is 35.5. The smallest absolute Gasteiger partial charge is 0.240 e. The Hall–Kier alpha value is -1.19. The number of aryl methyl sites for hydroxylation is 1. The van der Waals surface area contributed by atoms with Crippen molar-refractivity contribution in [2.75, 3.05) is 38.7 Å². The van der Waals surface area contributed by atoms with E-state index in [9.17, 15) is 13.2 Å². The van der Waals surface area contributed by atoms with Gasteiger partial charge in [-0.2, -0.15) is 0 Å². The van der Waals surface area contributed by atoms with Crippen LogP contribution in [0.25, 0.3) is 0 Å². The van der Waals surface area contributed by atoms with Crippen LogP contribution >= 0.6 is 12.4 Å². The fraction of sp³-hybridized carbons (Fsp3) is 0.611. The van der Waals surface area contributed by atoms with Gasteiger partial charge in [0.15, 0.2) is 0 Å². The minimum Gasteiger partial charge on any atom is -0.384 e. The third-order valence-electron chi connectivity index (χ3n) is 5.26. The van der Waals surface area contributed by atoms with Crippen LogP contribution in [0.5, 0.6) is 0 Å². The lowest BCUT2D eigenvalue weighted by Crippen LogP contribution is -2.47. The van der Waals surface area contributed by atoms with Gasteiger partial charge in [0, 0.05) is 31.2 Å². The average Bonchev–Trinajstić information content (AvgIpc) is 2.81. The first-order valence-corrected chi connectivity index (χ1v) is 10.5. The fourth-order valence-electron chi connectivity index (χ4n) is 3.68. The van der Waals surface area contributed by atoms with Crippen molar-refractivity contribution >= 4 is 34.0 Å². The van der Waals surface area contributed by atoms with Crippen LogP contribution in [-0.2, 0) is 26.0 Å². The number of rotatable bonds is 6. The lowest BCUT2D eigenvalue weighted by Gasteiger charge is -2.37. The molecule has 1 aromatic rings. The molecule has 3 N–H and O–H groups in total. The molecule has 9 heteroatoms. The number of halogens is 1. The first kappa shape index (κ1) is 22.1.